The lowest BCUT2D eigenvalue weighted by atomic mass is 9.97. The monoisotopic (exact) mass is 347 g/mol. The molecule has 0 saturated carbocycles. The topological polar surface area (TPSA) is 75.9 Å². The summed E-state index contributed by atoms with van der Waals surface area (Å²) in [7, 11) is 1.81. The van der Waals surface area contributed by atoms with Gasteiger partial charge in [-0.3, -0.25) is 4.79 Å². The number of benzene rings is 1. The number of piperidine rings is 1. The molecule has 1 aliphatic rings. The fraction of sp³-hybridized carbons (Fsp3) is 0.579. The van der Waals surface area contributed by atoms with Crippen LogP contribution in [0.3, 0.4) is 0 Å². The van der Waals surface area contributed by atoms with Crippen LogP contribution in [0, 0.1) is 19.8 Å². The number of primary amides is 1. The van der Waals surface area contributed by atoms with Crippen molar-refractivity contribution in [1.29, 1.82) is 0 Å². The average molecular weight is 347 g/mol. The summed E-state index contributed by atoms with van der Waals surface area (Å²) < 4.78 is 5.81. The zero-order chi connectivity index (χ0) is 18.4. The maximum Gasteiger partial charge on any atom is 0.314 e. The van der Waals surface area contributed by atoms with Crippen LogP contribution in [0.25, 0.3) is 0 Å². The summed E-state index contributed by atoms with van der Waals surface area (Å²) in [4.78, 5) is 27.1. The first-order valence-electron chi connectivity index (χ1n) is 8.88. The second-order valence-corrected chi connectivity index (χ2v) is 6.85. The second-order valence-electron chi connectivity index (χ2n) is 6.85. The molecule has 1 fully saturated rings. The molecule has 0 radical (unpaired) electrons. The first-order chi connectivity index (χ1) is 11.9. The van der Waals surface area contributed by atoms with Crippen molar-refractivity contribution in [3.05, 3.63) is 29.3 Å². The number of hydrogen-bond donors (Lipinski definition) is 1. The van der Waals surface area contributed by atoms with Gasteiger partial charge in [-0.25, -0.2) is 4.79 Å². The lowest BCUT2D eigenvalue weighted by molar-refractivity contribution is -0.135. The number of carbonyl (C=O) groups excluding carboxylic acids is 2. The Morgan fingerprint density at radius 1 is 1.36 bits per heavy atom. The summed E-state index contributed by atoms with van der Waals surface area (Å²) in [6.07, 6.45) is 2.40. The van der Waals surface area contributed by atoms with Crippen molar-refractivity contribution in [3.8, 4) is 5.75 Å². The fourth-order valence-corrected chi connectivity index (χ4v) is 3.25. The van der Waals surface area contributed by atoms with Crippen molar-refractivity contribution in [2.75, 3.05) is 33.3 Å². The first kappa shape index (κ1) is 19.1. The molecule has 2 N–H and O–H groups in total. The summed E-state index contributed by atoms with van der Waals surface area (Å²) in [5, 5.41) is 0. The molecule has 0 unspecified atom stereocenters. The summed E-state index contributed by atoms with van der Waals surface area (Å²) in [5.74, 6) is 0.827. The van der Waals surface area contributed by atoms with Crippen molar-refractivity contribution < 1.29 is 14.3 Å². The standard InChI is InChI=1S/C19H29N3O3/c1-14-7-8-17(15(2)12-14)25-11-5-9-21(3)18(23)16-6-4-10-22(13-16)19(20)24/h7-8,12,16H,4-6,9-11,13H2,1-3H3,(H2,20,24)/t16-/m0/s1. The Labute approximate surface area is 149 Å². The zero-order valence-electron chi connectivity index (χ0n) is 15.5. The first-order valence-corrected chi connectivity index (χ1v) is 8.88. The summed E-state index contributed by atoms with van der Waals surface area (Å²) in [5.41, 5.74) is 7.66. The number of urea groups is 1. The summed E-state index contributed by atoms with van der Waals surface area (Å²) >= 11 is 0. The minimum Gasteiger partial charge on any atom is -0.493 e. The van der Waals surface area contributed by atoms with Gasteiger partial charge >= 0.3 is 6.03 Å². The van der Waals surface area contributed by atoms with Gasteiger partial charge in [0.15, 0.2) is 0 Å². The fourth-order valence-electron chi connectivity index (χ4n) is 3.25. The van der Waals surface area contributed by atoms with E-state index in [1.54, 1.807) is 9.80 Å². The second kappa shape index (κ2) is 8.74. The molecule has 0 aromatic heterocycles. The Morgan fingerprint density at radius 3 is 2.80 bits per heavy atom. The molecule has 0 aliphatic carbocycles. The van der Waals surface area contributed by atoms with Gasteiger partial charge in [0.05, 0.1) is 12.5 Å². The Morgan fingerprint density at radius 2 is 2.12 bits per heavy atom. The van der Waals surface area contributed by atoms with Crippen LogP contribution in [0.1, 0.15) is 30.4 Å². The molecule has 1 saturated heterocycles. The molecule has 1 aliphatic heterocycles. The van der Waals surface area contributed by atoms with E-state index in [4.69, 9.17) is 10.5 Å². The van der Waals surface area contributed by atoms with E-state index in [0.29, 0.717) is 26.2 Å². The number of aryl methyl sites for hydroxylation is 2. The van der Waals surface area contributed by atoms with Crippen LogP contribution in [0.15, 0.2) is 18.2 Å². The van der Waals surface area contributed by atoms with Crippen LogP contribution in [-0.2, 0) is 4.79 Å². The molecular formula is C19H29N3O3. The van der Waals surface area contributed by atoms with Crippen molar-refractivity contribution >= 4 is 11.9 Å². The molecule has 6 heteroatoms. The van der Waals surface area contributed by atoms with Crippen molar-refractivity contribution in [2.45, 2.75) is 33.1 Å². The third kappa shape index (κ3) is 5.37. The number of carbonyl (C=O) groups is 2. The van der Waals surface area contributed by atoms with E-state index >= 15 is 0 Å². The molecule has 0 bridgehead atoms. The number of nitrogens with two attached hydrogens (primary N) is 1. The Balaban J connectivity index is 1.75. The van der Waals surface area contributed by atoms with Gasteiger partial charge in [-0.2, -0.15) is 0 Å². The molecule has 3 amide bonds. The molecule has 1 aromatic carbocycles. The van der Waals surface area contributed by atoms with Crippen LogP contribution in [0.5, 0.6) is 5.75 Å². The van der Waals surface area contributed by atoms with Gasteiger partial charge in [0, 0.05) is 26.7 Å². The third-order valence-corrected chi connectivity index (χ3v) is 4.68. The van der Waals surface area contributed by atoms with Gasteiger partial charge in [0.25, 0.3) is 0 Å². The molecule has 0 spiro atoms. The van der Waals surface area contributed by atoms with Gasteiger partial charge in [-0.15, -0.1) is 0 Å². The van der Waals surface area contributed by atoms with Crippen LogP contribution < -0.4 is 10.5 Å². The molecule has 1 aromatic rings. The van der Waals surface area contributed by atoms with E-state index in [1.807, 2.05) is 26.1 Å². The van der Waals surface area contributed by atoms with E-state index in [9.17, 15) is 9.59 Å². The Hall–Kier alpha value is -2.24. The number of hydrogen-bond acceptors (Lipinski definition) is 3. The van der Waals surface area contributed by atoms with E-state index in [0.717, 1.165) is 30.6 Å². The smallest absolute Gasteiger partial charge is 0.314 e. The summed E-state index contributed by atoms with van der Waals surface area (Å²) in [6.45, 7) is 6.37. The van der Waals surface area contributed by atoms with Crippen LogP contribution >= 0.6 is 0 Å². The van der Waals surface area contributed by atoms with Crippen molar-refractivity contribution in [3.63, 3.8) is 0 Å². The zero-order valence-corrected chi connectivity index (χ0v) is 15.5. The van der Waals surface area contributed by atoms with Gasteiger partial charge < -0.3 is 20.3 Å². The van der Waals surface area contributed by atoms with Gasteiger partial charge in [-0.05, 0) is 44.7 Å². The highest BCUT2D eigenvalue weighted by Gasteiger charge is 2.29. The van der Waals surface area contributed by atoms with E-state index in [1.165, 1.54) is 5.56 Å². The number of likely N-dealkylation sites (tertiary alicyclic amines) is 1. The molecule has 1 atom stereocenters. The van der Waals surface area contributed by atoms with E-state index < -0.39 is 6.03 Å². The average Bonchev–Trinajstić information content (AvgIpc) is 2.59. The minimum absolute atomic E-state index is 0.0810. The van der Waals surface area contributed by atoms with E-state index in [2.05, 4.69) is 13.0 Å². The largest absolute Gasteiger partial charge is 0.493 e. The number of rotatable bonds is 6. The molecule has 2 rings (SSSR count). The molecular weight excluding hydrogens is 318 g/mol. The van der Waals surface area contributed by atoms with Gasteiger partial charge in [0.1, 0.15) is 5.75 Å². The normalized spacial score (nSPS) is 17.2. The Kier molecular flexibility index (Phi) is 6.67. The van der Waals surface area contributed by atoms with Gasteiger partial charge in [-0.1, -0.05) is 17.7 Å². The summed E-state index contributed by atoms with van der Waals surface area (Å²) in [6, 6.07) is 5.67. The molecule has 6 nitrogen and oxygen atoms in total. The number of amides is 3. The predicted molar refractivity (Wildman–Crippen MR) is 97.5 cm³/mol. The lowest BCUT2D eigenvalue weighted by Crippen LogP contribution is -2.47. The predicted octanol–water partition coefficient (Wildman–Crippen LogP) is 2.32. The number of nitrogens with zero attached hydrogens (tertiary/aromatic N) is 2. The van der Waals surface area contributed by atoms with Crippen LogP contribution in [-0.4, -0.2) is 55.0 Å². The minimum atomic E-state index is -0.443. The third-order valence-electron chi connectivity index (χ3n) is 4.68. The SMILES string of the molecule is Cc1ccc(OCCCN(C)C(=O)[C@H]2CCCN(C(N)=O)C2)c(C)c1. The molecule has 25 heavy (non-hydrogen) atoms. The van der Waals surface area contributed by atoms with E-state index in [-0.39, 0.29) is 11.8 Å². The molecule has 1 heterocycles. The highest BCUT2D eigenvalue weighted by Crippen LogP contribution is 2.20. The maximum absolute atomic E-state index is 12.5. The number of ether oxygens (including phenoxy) is 1. The van der Waals surface area contributed by atoms with Crippen LogP contribution in [0.2, 0.25) is 0 Å². The van der Waals surface area contributed by atoms with Crippen molar-refractivity contribution in [1.82, 2.24) is 9.80 Å². The lowest BCUT2D eigenvalue weighted by Gasteiger charge is -2.33. The quantitative estimate of drug-likeness (QED) is 0.803. The highest BCUT2D eigenvalue weighted by atomic mass is 16.5. The molecule has 138 valence electrons. The van der Waals surface area contributed by atoms with Crippen LogP contribution in [0.4, 0.5) is 4.79 Å². The highest BCUT2D eigenvalue weighted by molar-refractivity contribution is 5.80. The van der Waals surface area contributed by atoms with Crippen molar-refractivity contribution in [2.24, 2.45) is 11.7 Å². The Bertz CT molecular complexity index is 618. The maximum atomic E-state index is 12.5. The van der Waals surface area contributed by atoms with Gasteiger partial charge in [0.2, 0.25) is 5.91 Å².